The van der Waals surface area contributed by atoms with Crippen LogP contribution in [-0.2, 0) is 0 Å². The first-order valence-corrected chi connectivity index (χ1v) is 11.6. The summed E-state index contributed by atoms with van der Waals surface area (Å²) in [6.07, 6.45) is 5.28. The van der Waals surface area contributed by atoms with E-state index in [0.717, 1.165) is 41.7 Å². The van der Waals surface area contributed by atoms with Crippen LogP contribution in [-0.4, -0.2) is 38.5 Å². The van der Waals surface area contributed by atoms with Crippen LogP contribution in [0.4, 0.5) is 11.5 Å². The molecule has 4 aromatic rings. The maximum absolute atomic E-state index is 13.6. The van der Waals surface area contributed by atoms with Crippen molar-refractivity contribution < 1.29 is 4.79 Å². The van der Waals surface area contributed by atoms with E-state index in [1.54, 1.807) is 16.9 Å². The van der Waals surface area contributed by atoms with Crippen molar-refractivity contribution in [1.29, 1.82) is 0 Å². The van der Waals surface area contributed by atoms with E-state index < -0.39 is 0 Å². The van der Waals surface area contributed by atoms with Crippen LogP contribution in [0.15, 0.2) is 71.5 Å². The highest BCUT2D eigenvalue weighted by molar-refractivity contribution is 9.10. The molecule has 0 spiro atoms. The molecule has 1 aliphatic heterocycles. The molecule has 6 nitrogen and oxygen atoms in total. The van der Waals surface area contributed by atoms with E-state index in [0.29, 0.717) is 22.9 Å². The summed E-state index contributed by atoms with van der Waals surface area (Å²) in [5, 5.41) is 7.90. The average Bonchev–Trinajstić information content (AvgIpc) is 3.22. The Morgan fingerprint density at radius 3 is 2.50 bits per heavy atom. The number of fused-ring (bicyclic) bond motifs is 1. The van der Waals surface area contributed by atoms with Crippen LogP contribution in [0, 0.1) is 6.92 Å². The molecule has 1 N–H and O–H groups in total. The van der Waals surface area contributed by atoms with Gasteiger partial charge in [0.05, 0.1) is 10.7 Å². The second kappa shape index (κ2) is 8.74. The van der Waals surface area contributed by atoms with Crippen molar-refractivity contribution in [2.45, 2.75) is 25.7 Å². The van der Waals surface area contributed by atoms with Gasteiger partial charge in [0, 0.05) is 25.0 Å². The zero-order valence-electron chi connectivity index (χ0n) is 17.8. The maximum Gasteiger partial charge on any atom is 0.259 e. The number of amides is 1. The minimum atomic E-state index is -0.0198. The molecule has 0 unspecified atom stereocenters. The van der Waals surface area contributed by atoms with Gasteiger partial charge in [-0.3, -0.25) is 4.79 Å². The number of para-hydroxylation sites is 1. The molecule has 5 rings (SSSR count). The Kier molecular flexibility index (Phi) is 5.66. The van der Waals surface area contributed by atoms with Crippen molar-refractivity contribution in [3.63, 3.8) is 0 Å². The summed E-state index contributed by atoms with van der Waals surface area (Å²) in [7, 11) is 0. The van der Waals surface area contributed by atoms with E-state index >= 15 is 0 Å². The first-order chi connectivity index (χ1) is 15.6. The van der Waals surface area contributed by atoms with Crippen LogP contribution in [0.1, 0.15) is 40.2 Å². The number of aryl methyl sites for hydroxylation is 1. The van der Waals surface area contributed by atoms with E-state index in [4.69, 9.17) is 0 Å². The van der Waals surface area contributed by atoms with Gasteiger partial charge in [-0.15, -0.1) is 0 Å². The number of piperidine rings is 1. The number of carbonyl (C=O) groups excluding carboxylic acids is 1. The van der Waals surface area contributed by atoms with E-state index in [9.17, 15) is 4.79 Å². The summed E-state index contributed by atoms with van der Waals surface area (Å²) in [6, 6.07) is 18.6. The Bertz CT molecular complexity index is 1260. The second-order valence-electron chi connectivity index (χ2n) is 8.17. The molecule has 3 heterocycles. The molecular weight excluding hydrogens is 466 g/mol. The molecule has 1 saturated heterocycles. The largest absolute Gasteiger partial charge is 0.339 e. The smallest absolute Gasteiger partial charge is 0.259 e. The number of halogens is 1. The standard InChI is InChI=1S/C25H24BrN5O/c1-17-7-5-6-10-22(17)29-23-20(15-27-24-21(26)16-28-31(23)24)25(32)30-13-11-19(12-14-30)18-8-3-2-4-9-18/h2-10,15-16,19,29H,11-14H2,1H3. The lowest BCUT2D eigenvalue weighted by Gasteiger charge is -2.32. The highest BCUT2D eigenvalue weighted by Gasteiger charge is 2.27. The molecule has 1 fully saturated rings. The van der Waals surface area contributed by atoms with Crippen molar-refractivity contribution in [3.8, 4) is 0 Å². The number of hydrogen-bond donors (Lipinski definition) is 1. The van der Waals surface area contributed by atoms with Gasteiger partial charge in [-0.2, -0.15) is 9.61 Å². The molecule has 7 heteroatoms. The topological polar surface area (TPSA) is 62.5 Å². The Morgan fingerprint density at radius 1 is 1.03 bits per heavy atom. The normalized spacial score (nSPS) is 14.6. The van der Waals surface area contributed by atoms with Gasteiger partial charge in [0.15, 0.2) is 5.65 Å². The second-order valence-corrected chi connectivity index (χ2v) is 9.02. The van der Waals surface area contributed by atoms with Crippen LogP contribution in [0.3, 0.4) is 0 Å². The fourth-order valence-corrected chi connectivity index (χ4v) is 4.69. The van der Waals surface area contributed by atoms with Crippen molar-refractivity contribution in [2.24, 2.45) is 0 Å². The lowest BCUT2D eigenvalue weighted by Crippen LogP contribution is -2.38. The number of rotatable bonds is 4. The van der Waals surface area contributed by atoms with Gasteiger partial charge in [0.2, 0.25) is 0 Å². The SMILES string of the molecule is Cc1ccccc1Nc1c(C(=O)N2CCC(c3ccccc3)CC2)cnc2c(Br)cnn12. The number of anilines is 2. The highest BCUT2D eigenvalue weighted by atomic mass is 79.9. The van der Waals surface area contributed by atoms with Crippen LogP contribution < -0.4 is 5.32 Å². The zero-order chi connectivity index (χ0) is 22.1. The minimum absolute atomic E-state index is 0.0198. The number of hydrogen-bond acceptors (Lipinski definition) is 4. The van der Waals surface area contributed by atoms with Crippen LogP contribution in [0.25, 0.3) is 5.65 Å². The van der Waals surface area contributed by atoms with E-state index in [-0.39, 0.29) is 5.91 Å². The molecule has 1 aliphatic rings. The Balaban J connectivity index is 1.45. The summed E-state index contributed by atoms with van der Waals surface area (Å²) < 4.78 is 2.48. The van der Waals surface area contributed by atoms with Crippen LogP contribution in [0.2, 0.25) is 0 Å². The predicted molar refractivity (Wildman–Crippen MR) is 129 cm³/mol. The molecule has 1 amide bonds. The van der Waals surface area contributed by atoms with Gasteiger partial charge in [-0.05, 0) is 58.8 Å². The Hall–Kier alpha value is -3.19. The lowest BCUT2D eigenvalue weighted by atomic mass is 9.89. The third kappa shape index (κ3) is 3.88. The number of likely N-dealkylation sites (tertiary alicyclic amines) is 1. The van der Waals surface area contributed by atoms with Gasteiger partial charge < -0.3 is 10.2 Å². The van der Waals surface area contributed by atoms with Crippen LogP contribution >= 0.6 is 15.9 Å². The summed E-state index contributed by atoms with van der Waals surface area (Å²) in [5.74, 6) is 1.10. The summed E-state index contributed by atoms with van der Waals surface area (Å²) in [4.78, 5) is 20.0. The number of benzene rings is 2. The van der Waals surface area contributed by atoms with E-state index in [1.807, 2.05) is 42.2 Å². The van der Waals surface area contributed by atoms with Crippen molar-refractivity contribution >= 4 is 39.0 Å². The molecule has 0 radical (unpaired) electrons. The van der Waals surface area contributed by atoms with Gasteiger partial charge in [-0.25, -0.2) is 4.98 Å². The quantitative estimate of drug-likeness (QED) is 0.407. The Morgan fingerprint density at radius 2 is 1.75 bits per heavy atom. The molecule has 162 valence electrons. The fourth-order valence-electron chi connectivity index (χ4n) is 4.33. The molecular formula is C25H24BrN5O. The lowest BCUT2D eigenvalue weighted by molar-refractivity contribution is 0.0713. The predicted octanol–water partition coefficient (Wildman–Crippen LogP) is 5.56. The maximum atomic E-state index is 13.6. The highest BCUT2D eigenvalue weighted by Crippen LogP contribution is 2.31. The van der Waals surface area contributed by atoms with E-state index in [1.165, 1.54) is 5.56 Å². The van der Waals surface area contributed by atoms with Gasteiger partial charge in [0.25, 0.3) is 5.91 Å². The van der Waals surface area contributed by atoms with E-state index in [2.05, 4.69) is 55.6 Å². The summed E-state index contributed by atoms with van der Waals surface area (Å²) in [6.45, 7) is 3.49. The van der Waals surface area contributed by atoms with Gasteiger partial charge in [0.1, 0.15) is 11.4 Å². The number of nitrogens with one attached hydrogen (secondary N) is 1. The zero-order valence-corrected chi connectivity index (χ0v) is 19.4. The molecule has 0 saturated carbocycles. The molecule has 0 atom stereocenters. The molecule has 2 aromatic carbocycles. The van der Waals surface area contributed by atoms with Crippen molar-refractivity contribution in [1.82, 2.24) is 19.5 Å². The Labute approximate surface area is 195 Å². The molecule has 0 aliphatic carbocycles. The fraction of sp³-hybridized carbons (Fsp3) is 0.240. The summed E-state index contributed by atoms with van der Waals surface area (Å²) >= 11 is 3.50. The first-order valence-electron chi connectivity index (χ1n) is 10.8. The first kappa shape index (κ1) is 20.7. The number of carbonyl (C=O) groups is 1. The third-order valence-corrected chi connectivity index (χ3v) is 6.72. The molecule has 32 heavy (non-hydrogen) atoms. The number of aromatic nitrogens is 3. The summed E-state index contributed by atoms with van der Waals surface area (Å²) in [5.41, 5.74) is 4.56. The average molecular weight is 490 g/mol. The monoisotopic (exact) mass is 489 g/mol. The van der Waals surface area contributed by atoms with Crippen molar-refractivity contribution in [2.75, 3.05) is 18.4 Å². The van der Waals surface area contributed by atoms with Gasteiger partial charge >= 0.3 is 0 Å². The number of nitrogens with zero attached hydrogens (tertiary/aromatic N) is 4. The molecule has 0 bridgehead atoms. The minimum Gasteiger partial charge on any atom is -0.339 e. The molecule has 2 aromatic heterocycles. The third-order valence-electron chi connectivity index (χ3n) is 6.17. The van der Waals surface area contributed by atoms with Crippen LogP contribution in [0.5, 0.6) is 0 Å². The van der Waals surface area contributed by atoms with Crippen molar-refractivity contribution in [3.05, 3.63) is 88.2 Å². The van der Waals surface area contributed by atoms with Gasteiger partial charge in [-0.1, -0.05) is 48.5 Å².